The van der Waals surface area contributed by atoms with Crippen molar-refractivity contribution in [1.82, 2.24) is 25.4 Å². The van der Waals surface area contributed by atoms with Crippen LogP contribution in [0, 0.1) is 0 Å². The zero-order valence-electron chi connectivity index (χ0n) is 12.6. The molecule has 2 aromatic rings. The average molecular weight is 323 g/mol. The Morgan fingerprint density at radius 2 is 2.09 bits per heavy atom. The van der Waals surface area contributed by atoms with Crippen LogP contribution in [0.5, 0.6) is 5.75 Å². The Labute approximate surface area is 134 Å². The number of rotatable bonds is 6. The zero-order chi connectivity index (χ0) is 15.8. The van der Waals surface area contributed by atoms with Gasteiger partial charge in [-0.05, 0) is 24.3 Å². The number of nitrogens with one attached hydrogen (secondary N) is 2. The Morgan fingerprint density at radius 1 is 1.32 bits per heavy atom. The van der Waals surface area contributed by atoms with E-state index in [0.29, 0.717) is 30.7 Å². The molecule has 0 saturated carbocycles. The summed E-state index contributed by atoms with van der Waals surface area (Å²) in [4.78, 5) is 8.27. The minimum atomic E-state index is 0.520. The Balaban J connectivity index is 1.68. The Morgan fingerprint density at radius 3 is 2.73 bits per heavy atom. The van der Waals surface area contributed by atoms with E-state index >= 15 is 0 Å². The van der Waals surface area contributed by atoms with Gasteiger partial charge in [-0.1, -0.05) is 11.6 Å². The monoisotopic (exact) mass is 322 g/mol. The van der Waals surface area contributed by atoms with E-state index in [1.54, 1.807) is 23.9 Å². The number of aryl methyl sites for hydroxylation is 1. The van der Waals surface area contributed by atoms with Gasteiger partial charge in [0, 0.05) is 19.1 Å². The van der Waals surface area contributed by atoms with Gasteiger partial charge in [0.05, 0.1) is 13.1 Å². The van der Waals surface area contributed by atoms with E-state index in [1.807, 2.05) is 19.2 Å². The zero-order valence-corrected chi connectivity index (χ0v) is 13.3. The molecule has 0 saturated heterocycles. The lowest BCUT2D eigenvalue weighted by Crippen LogP contribution is -2.39. The average Bonchev–Trinajstić information content (AvgIpc) is 2.93. The largest absolute Gasteiger partial charge is 0.492 e. The number of nitrogens with zero attached hydrogens (tertiary/aromatic N) is 4. The highest BCUT2D eigenvalue weighted by Crippen LogP contribution is 2.14. The molecule has 2 rings (SSSR count). The van der Waals surface area contributed by atoms with E-state index in [2.05, 4.69) is 25.7 Å². The first-order valence-corrected chi connectivity index (χ1v) is 7.22. The first-order valence-electron chi connectivity index (χ1n) is 6.85. The number of hydrogen-bond acceptors (Lipinski definition) is 4. The summed E-state index contributed by atoms with van der Waals surface area (Å²) in [7, 11) is 3.56. The predicted molar refractivity (Wildman–Crippen MR) is 86.2 cm³/mol. The van der Waals surface area contributed by atoms with Crippen molar-refractivity contribution < 1.29 is 4.74 Å². The van der Waals surface area contributed by atoms with Crippen LogP contribution in [0.25, 0.3) is 0 Å². The lowest BCUT2D eigenvalue weighted by Gasteiger charge is -2.12. The Bertz CT molecular complexity index is 610. The summed E-state index contributed by atoms with van der Waals surface area (Å²) < 4.78 is 7.31. The second-order valence-electron chi connectivity index (χ2n) is 4.45. The molecule has 1 aromatic heterocycles. The molecule has 0 radical (unpaired) electrons. The van der Waals surface area contributed by atoms with Gasteiger partial charge in [-0.3, -0.25) is 9.67 Å². The molecule has 0 bridgehead atoms. The SMILES string of the molecule is CN=C(NCCOc1ccc(Cl)cc1)NCc1ncnn1C. The minimum absolute atomic E-state index is 0.520. The Hall–Kier alpha value is -2.28. The van der Waals surface area contributed by atoms with Crippen LogP contribution < -0.4 is 15.4 Å². The molecule has 2 N–H and O–H groups in total. The van der Waals surface area contributed by atoms with Gasteiger partial charge in [0.1, 0.15) is 24.5 Å². The van der Waals surface area contributed by atoms with Gasteiger partial charge in [-0.25, -0.2) is 4.98 Å². The maximum atomic E-state index is 5.82. The lowest BCUT2D eigenvalue weighted by molar-refractivity contribution is 0.322. The number of benzene rings is 1. The number of halogens is 1. The summed E-state index contributed by atoms with van der Waals surface area (Å²) in [6.07, 6.45) is 1.52. The third kappa shape index (κ3) is 4.92. The minimum Gasteiger partial charge on any atom is -0.492 e. The smallest absolute Gasteiger partial charge is 0.191 e. The molecule has 0 aliphatic rings. The van der Waals surface area contributed by atoms with Gasteiger partial charge in [0.25, 0.3) is 0 Å². The van der Waals surface area contributed by atoms with E-state index < -0.39 is 0 Å². The first kappa shape index (κ1) is 16.1. The van der Waals surface area contributed by atoms with Crippen molar-refractivity contribution in [3.63, 3.8) is 0 Å². The molecule has 0 amide bonds. The molecule has 1 aromatic carbocycles. The fourth-order valence-electron chi connectivity index (χ4n) is 1.73. The van der Waals surface area contributed by atoms with E-state index in [9.17, 15) is 0 Å². The molecule has 0 unspecified atom stereocenters. The maximum Gasteiger partial charge on any atom is 0.191 e. The molecule has 0 spiro atoms. The van der Waals surface area contributed by atoms with Gasteiger partial charge < -0.3 is 15.4 Å². The summed E-state index contributed by atoms with van der Waals surface area (Å²) in [5.41, 5.74) is 0. The standard InChI is InChI=1S/C14H19ClN6O/c1-16-14(18-9-13-19-10-20-21(13)2)17-7-8-22-12-5-3-11(15)4-6-12/h3-6,10H,7-9H2,1-2H3,(H2,16,17,18). The molecular weight excluding hydrogens is 304 g/mol. The first-order chi connectivity index (χ1) is 10.7. The van der Waals surface area contributed by atoms with Crippen LogP contribution in [-0.2, 0) is 13.6 Å². The number of guanidine groups is 1. The summed E-state index contributed by atoms with van der Waals surface area (Å²) >= 11 is 5.82. The fourth-order valence-corrected chi connectivity index (χ4v) is 1.86. The van der Waals surface area contributed by atoms with Crippen molar-refractivity contribution >= 4 is 17.6 Å². The van der Waals surface area contributed by atoms with Crippen molar-refractivity contribution in [1.29, 1.82) is 0 Å². The van der Waals surface area contributed by atoms with Crippen LogP contribution in [-0.4, -0.2) is 40.9 Å². The van der Waals surface area contributed by atoms with Crippen LogP contribution in [0.1, 0.15) is 5.82 Å². The molecule has 0 aliphatic heterocycles. The topological polar surface area (TPSA) is 76.4 Å². The number of aliphatic imine (C=N–C) groups is 1. The second-order valence-corrected chi connectivity index (χ2v) is 4.89. The van der Waals surface area contributed by atoms with Gasteiger partial charge in [0.2, 0.25) is 0 Å². The van der Waals surface area contributed by atoms with Crippen LogP contribution in [0.3, 0.4) is 0 Å². The van der Waals surface area contributed by atoms with Crippen molar-refractivity contribution in [2.45, 2.75) is 6.54 Å². The number of ether oxygens (including phenoxy) is 1. The summed E-state index contributed by atoms with van der Waals surface area (Å²) in [6.45, 7) is 1.70. The summed E-state index contributed by atoms with van der Waals surface area (Å²) in [6, 6.07) is 7.27. The molecule has 118 valence electrons. The molecule has 1 heterocycles. The van der Waals surface area contributed by atoms with Gasteiger partial charge in [0.15, 0.2) is 5.96 Å². The molecular formula is C14H19ClN6O. The maximum absolute atomic E-state index is 5.82. The summed E-state index contributed by atoms with van der Waals surface area (Å²) in [5, 5.41) is 11.0. The number of hydrogen-bond donors (Lipinski definition) is 2. The van der Waals surface area contributed by atoms with Crippen LogP contribution >= 0.6 is 11.6 Å². The van der Waals surface area contributed by atoms with Crippen LogP contribution in [0.15, 0.2) is 35.6 Å². The lowest BCUT2D eigenvalue weighted by atomic mass is 10.3. The molecule has 7 nitrogen and oxygen atoms in total. The Kier molecular flexibility index (Phi) is 6.02. The molecule has 0 atom stereocenters. The molecule has 0 fully saturated rings. The van der Waals surface area contributed by atoms with E-state index in [-0.39, 0.29) is 0 Å². The van der Waals surface area contributed by atoms with Gasteiger partial charge in [-0.15, -0.1) is 0 Å². The third-order valence-corrected chi connectivity index (χ3v) is 3.17. The van der Waals surface area contributed by atoms with Crippen LogP contribution in [0.4, 0.5) is 0 Å². The summed E-state index contributed by atoms with van der Waals surface area (Å²) in [5.74, 6) is 2.30. The normalized spacial score (nSPS) is 11.3. The third-order valence-electron chi connectivity index (χ3n) is 2.92. The quantitative estimate of drug-likeness (QED) is 0.475. The van der Waals surface area contributed by atoms with Crippen molar-refractivity contribution in [3.05, 3.63) is 41.4 Å². The van der Waals surface area contributed by atoms with E-state index in [0.717, 1.165) is 11.6 Å². The van der Waals surface area contributed by atoms with Gasteiger partial charge >= 0.3 is 0 Å². The van der Waals surface area contributed by atoms with E-state index in [4.69, 9.17) is 16.3 Å². The van der Waals surface area contributed by atoms with Crippen molar-refractivity contribution in [2.75, 3.05) is 20.2 Å². The number of aromatic nitrogens is 3. The van der Waals surface area contributed by atoms with Crippen molar-refractivity contribution in [3.8, 4) is 5.75 Å². The molecule has 22 heavy (non-hydrogen) atoms. The van der Waals surface area contributed by atoms with E-state index in [1.165, 1.54) is 6.33 Å². The van der Waals surface area contributed by atoms with Crippen LogP contribution in [0.2, 0.25) is 5.02 Å². The molecule has 0 aliphatic carbocycles. The molecule has 8 heteroatoms. The highest BCUT2D eigenvalue weighted by molar-refractivity contribution is 6.30. The predicted octanol–water partition coefficient (Wildman–Crippen LogP) is 1.21. The van der Waals surface area contributed by atoms with Gasteiger partial charge in [-0.2, -0.15) is 5.10 Å². The second kappa shape index (κ2) is 8.23. The fraction of sp³-hybridized carbons (Fsp3) is 0.357. The highest BCUT2D eigenvalue weighted by atomic mass is 35.5. The highest BCUT2D eigenvalue weighted by Gasteiger charge is 2.02. The van der Waals surface area contributed by atoms with Crippen molar-refractivity contribution in [2.24, 2.45) is 12.0 Å².